The van der Waals surface area contributed by atoms with E-state index in [0.29, 0.717) is 30.1 Å². The van der Waals surface area contributed by atoms with Gasteiger partial charge in [0.25, 0.3) is 0 Å². The number of amides is 1. The molecule has 0 saturated carbocycles. The van der Waals surface area contributed by atoms with Crippen LogP contribution in [-0.4, -0.2) is 41.5 Å². The van der Waals surface area contributed by atoms with Crippen LogP contribution in [0.3, 0.4) is 0 Å². The van der Waals surface area contributed by atoms with Crippen molar-refractivity contribution >= 4 is 45.0 Å². The zero-order valence-electron chi connectivity index (χ0n) is 17.4. The van der Waals surface area contributed by atoms with E-state index in [-0.39, 0.29) is 17.3 Å². The quantitative estimate of drug-likeness (QED) is 0.558. The SMILES string of the molecule is Cn1cc(S(=O)(=O)N2CCCC(C(=O)Nc3ccccc3Sc3ccc(Cl)cc3)C2)cn1. The summed E-state index contributed by atoms with van der Waals surface area (Å²) in [6.45, 7) is 0.541. The molecule has 0 bridgehead atoms. The number of aryl methyl sites for hydroxylation is 1. The van der Waals surface area contributed by atoms with Crippen molar-refractivity contribution in [2.45, 2.75) is 27.5 Å². The van der Waals surface area contributed by atoms with E-state index in [1.54, 1.807) is 7.05 Å². The number of sulfonamides is 1. The highest BCUT2D eigenvalue weighted by molar-refractivity contribution is 7.99. The number of carbonyl (C=O) groups excluding carboxylic acids is 1. The van der Waals surface area contributed by atoms with Crippen molar-refractivity contribution in [2.24, 2.45) is 13.0 Å². The zero-order chi connectivity index (χ0) is 22.7. The molecule has 168 valence electrons. The van der Waals surface area contributed by atoms with Gasteiger partial charge in [-0.15, -0.1) is 0 Å². The number of nitrogens with zero attached hydrogens (tertiary/aromatic N) is 3. The van der Waals surface area contributed by atoms with Crippen molar-refractivity contribution in [3.63, 3.8) is 0 Å². The molecule has 2 aromatic carbocycles. The summed E-state index contributed by atoms with van der Waals surface area (Å²) in [6, 6.07) is 15.1. The van der Waals surface area contributed by atoms with Gasteiger partial charge in [0.15, 0.2) is 0 Å². The predicted octanol–water partition coefficient (Wildman–Crippen LogP) is 4.26. The third-order valence-corrected chi connectivity index (χ3v) is 8.41. The molecule has 1 unspecified atom stereocenters. The maximum Gasteiger partial charge on any atom is 0.246 e. The highest BCUT2D eigenvalue weighted by atomic mass is 35.5. The molecule has 0 radical (unpaired) electrons. The number of anilines is 1. The molecule has 1 N–H and O–H groups in total. The molecule has 1 aromatic heterocycles. The first-order valence-corrected chi connectivity index (χ1v) is 12.8. The van der Waals surface area contributed by atoms with Gasteiger partial charge in [-0.3, -0.25) is 9.48 Å². The van der Waals surface area contributed by atoms with Gasteiger partial charge in [0.2, 0.25) is 15.9 Å². The largest absolute Gasteiger partial charge is 0.325 e. The molecule has 1 aliphatic heterocycles. The van der Waals surface area contributed by atoms with Gasteiger partial charge in [0.05, 0.1) is 17.8 Å². The average Bonchev–Trinajstić information content (AvgIpc) is 3.24. The van der Waals surface area contributed by atoms with Crippen LogP contribution in [0.25, 0.3) is 0 Å². The molecule has 4 rings (SSSR count). The highest BCUT2D eigenvalue weighted by Gasteiger charge is 2.34. The first-order valence-electron chi connectivity index (χ1n) is 10.1. The lowest BCUT2D eigenvalue weighted by molar-refractivity contribution is -0.120. The van der Waals surface area contributed by atoms with Crippen LogP contribution in [0.15, 0.2) is 75.6 Å². The number of carbonyl (C=O) groups is 1. The van der Waals surface area contributed by atoms with Crippen molar-refractivity contribution in [3.8, 4) is 0 Å². The number of hydrogen-bond donors (Lipinski definition) is 1. The van der Waals surface area contributed by atoms with Crippen molar-refractivity contribution < 1.29 is 13.2 Å². The predicted molar refractivity (Wildman–Crippen MR) is 125 cm³/mol. The molecule has 1 aliphatic rings. The fourth-order valence-corrected chi connectivity index (χ4v) is 6.12. The maximum atomic E-state index is 13.1. The van der Waals surface area contributed by atoms with E-state index in [1.807, 2.05) is 48.5 Å². The van der Waals surface area contributed by atoms with Gasteiger partial charge < -0.3 is 5.32 Å². The van der Waals surface area contributed by atoms with Crippen LogP contribution in [0.1, 0.15) is 12.8 Å². The first kappa shape index (κ1) is 22.8. The molecule has 32 heavy (non-hydrogen) atoms. The Labute approximate surface area is 196 Å². The van der Waals surface area contributed by atoms with Crippen molar-refractivity contribution in [2.75, 3.05) is 18.4 Å². The Hall–Kier alpha value is -2.33. The smallest absolute Gasteiger partial charge is 0.246 e. The van der Waals surface area contributed by atoms with Gasteiger partial charge >= 0.3 is 0 Å². The summed E-state index contributed by atoms with van der Waals surface area (Å²) in [5.74, 6) is -0.607. The summed E-state index contributed by atoms with van der Waals surface area (Å²) in [7, 11) is -2.01. The van der Waals surface area contributed by atoms with Gasteiger partial charge in [-0.2, -0.15) is 9.40 Å². The second kappa shape index (κ2) is 9.66. The van der Waals surface area contributed by atoms with E-state index in [1.165, 1.54) is 33.1 Å². The van der Waals surface area contributed by atoms with E-state index < -0.39 is 15.9 Å². The summed E-state index contributed by atoms with van der Waals surface area (Å²) >= 11 is 7.49. The van der Waals surface area contributed by atoms with E-state index in [4.69, 9.17) is 11.6 Å². The number of halogens is 1. The van der Waals surface area contributed by atoms with E-state index >= 15 is 0 Å². The van der Waals surface area contributed by atoms with Crippen LogP contribution in [0.4, 0.5) is 5.69 Å². The molecular formula is C22H23ClN4O3S2. The topological polar surface area (TPSA) is 84.3 Å². The fraction of sp³-hybridized carbons (Fsp3) is 0.273. The zero-order valence-corrected chi connectivity index (χ0v) is 19.8. The third-order valence-electron chi connectivity index (χ3n) is 5.26. The number of aromatic nitrogens is 2. The molecule has 1 atom stereocenters. The van der Waals surface area contributed by atoms with Crippen molar-refractivity contribution in [3.05, 3.63) is 65.9 Å². The summed E-state index contributed by atoms with van der Waals surface area (Å²) in [5, 5.41) is 7.63. The Morgan fingerprint density at radius 3 is 2.66 bits per heavy atom. The number of para-hydroxylation sites is 1. The number of rotatable bonds is 6. The molecule has 7 nitrogen and oxygen atoms in total. The van der Waals surface area contributed by atoms with E-state index in [9.17, 15) is 13.2 Å². The van der Waals surface area contributed by atoms with Gasteiger partial charge in [-0.25, -0.2) is 8.42 Å². The highest BCUT2D eigenvalue weighted by Crippen LogP contribution is 2.34. The van der Waals surface area contributed by atoms with Gasteiger partial charge in [-0.05, 0) is 49.2 Å². The third kappa shape index (κ3) is 5.17. The average molecular weight is 491 g/mol. The summed E-state index contributed by atoms with van der Waals surface area (Å²) < 4.78 is 28.7. The maximum absolute atomic E-state index is 13.1. The normalized spacial score (nSPS) is 17.2. The van der Waals surface area contributed by atoms with Gasteiger partial charge in [-0.1, -0.05) is 35.5 Å². The molecule has 10 heteroatoms. The Balaban J connectivity index is 1.47. The minimum atomic E-state index is -3.68. The minimum absolute atomic E-state index is 0.144. The summed E-state index contributed by atoms with van der Waals surface area (Å²) in [4.78, 5) is 15.1. The van der Waals surface area contributed by atoms with Crippen LogP contribution in [0, 0.1) is 5.92 Å². The number of nitrogens with one attached hydrogen (secondary N) is 1. The molecule has 1 fully saturated rings. The van der Waals surface area contributed by atoms with Crippen LogP contribution >= 0.6 is 23.4 Å². The second-order valence-electron chi connectivity index (χ2n) is 7.59. The van der Waals surface area contributed by atoms with E-state index in [0.717, 1.165) is 9.79 Å². The molecule has 2 heterocycles. The monoisotopic (exact) mass is 490 g/mol. The number of benzene rings is 2. The number of piperidine rings is 1. The molecule has 3 aromatic rings. The van der Waals surface area contributed by atoms with E-state index in [2.05, 4.69) is 10.4 Å². The van der Waals surface area contributed by atoms with Crippen LogP contribution < -0.4 is 5.32 Å². The molecule has 0 spiro atoms. The second-order valence-corrected chi connectivity index (χ2v) is 11.1. The fourth-order valence-electron chi connectivity index (χ4n) is 3.58. The van der Waals surface area contributed by atoms with Crippen LogP contribution in [0.5, 0.6) is 0 Å². The minimum Gasteiger partial charge on any atom is -0.325 e. The van der Waals surface area contributed by atoms with Crippen molar-refractivity contribution in [1.29, 1.82) is 0 Å². The molecular weight excluding hydrogens is 468 g/mol. The van der Waals surface area contributed by atoms with Crippen LogP contribution in [0.2, 0.25) is 5.02 Å². The summed E-state index contributed by atoms with van der Waals surface area (Å²) in [6.07, 6.45) is 4.07. The molecule has 1 saturated heterocycles. The lowest BCUT2D eigenvalue weighted by atomic mass is 9.99. The van der Waals surface area contributed by atoms with Crippen LogP contribution in [-0.2, 0) is 21.9 Å². The lowest BCUT2D eigenvalue weighted by Gasteiger charge is -2.31. The van der Waals surface area contributed by atoms with Gasteiger partial charge in [0.1, 0.15) is 4.90 Å². The van der Waals surface area contributed by atoms with Gasteiger partial charge in [0, 0.05) is 41.1 Å². The Bertz CT molecular complexity index is 1210. The Morgan fingerprint density at radius 2 is 1.94 bits per heavy atom. The molecule has 1 amide bonds. The Morgan fingerprint density at radius 1 is 1.19 bits per heavy atom. The first-order chi connectivity index (χ1) is 15.3. The lowest BCUT2D eigenvalue weighted by Crippen LogP contribution is -2.43. The van der Waals surface area contributed by atoms with Crippen molar-refractivity contribution in [1.82, 2.24) is 14.1 Å². The number of hydrogen-bond acceptors (Lipinski definition) is 5. The molecule has 0 aliphatic carbocycles. The standard InChI is InChI=1S/C22H23ClN4O3S2/c1-26-15-19(13-24-26)32(29,30)27-12-4-5-16(14-27)22(28)25-20-6-2-3-7-21(20)31-18-10-8-17(23)9-11-18/h2-3,6-11,13,15-16H,4-5,12,14H2,1H3,(H,25,28). The Kier molecular flexibility index (Phi) is 6.90. The summed E-state index contributed by atoms with van der Waals surface area (Å²) in [5.41, 5.74) is 0.699.